The van der Waals surface area contributed by atoms with E-state index in [-0.39, 0.29) is 5.56 Å². The molecular weight excluding hydrogens is 367 g/mol. The average molecular weight is 385 g/mol. The average Bonchev–Trinajstić information content (AvgIpc) is 2.36. The molecule has 0 saturated carbocycles. The summed E-state index contributed by atoms with van der Waals surface area (Å²) in [5, 5.41) is 0. The van der Waals surface area contributed by atoms with Gasteiger partial charge >= 0.3 is 0 Å². The fourth-order valence-corrected chi connectivity index (χ4v) is 2.17. The Bertz CT molecular complexity index is 391. The molecule has 0 aliphatic carbocycles. The van der Waals surface area contributed by atoms with Gasteiger partial charge in [0.15, 0.2) is 0 Å². The van der Waals surface area contributed by atoms with E-state index in [9.17, 15) is 8.78 Å². The summed E-state index contributed by atoms with van der Waals surface area (Å²) in [5.74, 6) is 0.619. The van der Waals surface area contributed by atoms with Gasteiger partial charge in [-0.2, -0.15) is 0 Å². The Kier molecular flexibility index (Phi) is 7.55. The van der Waals surface area contributed by atoms with Crippen LogP contribution in [0.2, 0.25) is 0 Å². The highest BCUT2D eigenvalue weighted by molar-refractivity contribution is 14.1. The van der Waals surface area contributed by atoms with Crippen LogP contribution in [0.3, 0.4) is 0 Å². The molecule has 0 atom stereocenters. The summed E-state index contributed by atoms with van der Waals surface area (Å²) in [6.07, 6.45) is -2.44. The molecule has 6 heteroatoms. The van der Waals surface area contributed by atoms with Crippen LogP contribution in [0.15, 0.2) is 18.2 Å². The number of rotatable bonds is 8. The maximum absolute atomic E-state index is 12.6. The third-order valence-corrected chi connectivity index (χ3v) is 3.56. The van der Waals surface area contributed by atoms with Gasteiger partial charge in [-0.1, -0.05) is 0 Å². The summed E-state index contributed by atoms with van der Waals surface area (Å²) in [7, 11) is 3.64. The zero-order chi connectivity index (χ0) is 14.3. The Morgan fingerprint density at radius 3 is 2.53 bits per heavy atom. The summed E-state index contributed by atoms with van der Waals surface area (Å²) < 4.78 is 36.2. The van der Waals surface area contributed by atoms with Crippen LogP contribution in [0, 0.1) is 3.57 Å². The number of halogens is 3. The maximum Gasteiger partial charge on any atom is 0.264 e. The molecule has 0 spiro atoms. The first-order valence-corrected chi connectivity index (χ1v) is 7.00. The number of nitrogens with zero attached hydrogens (tertiary/aromatic N) is 1. The molecule has 0 saturated heterocycles. The second-order valence-electron chi connectivity index (χ2n) is 4.13. The number of methoxy groups -OCH3 is 1. The molecule has 0 unspecified atom stereocenters. The maximum atomic E-state index is 12.6. The molecule has 108 valence electrons. The molecule has 19 heavy (non-hydrogen) atoms. The lowest BCUT2D eigenvalue weighted by atomic mass is 10.2. The summed E-state index contributed by atoms with van der Waals surface area (Å²) in [6.45, 7) is 2.79. The monoisotopic (exact) mass is 385 g/mol. The van der Waals surface area contributed by atoms with Crippen molar-refractivity contribution in [2.45, 2.75) is 6.43 Å². The van der Waals surface area contributed by atoms with Gasteiger partial charge in [0.2, 0.25) is 0 Å². The lowest BCUT2D eigenvalue weighted by molar-refractivity contribution is 0.149. The molecule has 0 aliphatic heterocycles. The van der Waals surface area contributed by atoms with Crippen LogP contribution in [0.1, 0.15) is 12.0 Å². The van der Waals surface area contributed by atoms with Gasteiger partial charge in [0.1, 0.15) is 12.4 Å². The first-order chi connectivity index (χ1) is 9.04. The summed E-state index contributed by atoms with van der Waals surface area (Å²) in [5.41, 5.74) is 0.0464. The quantitative estimate of drug-likeness (QED) is 0.642. The van der Waals surface area contributed by atoms with Crippen LogP contribution < -0.4 is 4.74 Å². The first-order valence-electron chi connectivity index (χ1n) is 5.92. The minimum atomic E-state index is -2.44. The van der Waals surface area contributed by atoms with Crippen molar-refractivity contribution < 1.29 is 18.3 Å². The van der Waals surface area contributed by atoms with Crippen molar-refractivity contribution >= 4 is 22.6 Å². The molecule has 0 aliphatic rings. The predicted molar refractivity (Wildman–Crippen MR) is 79.0 cm³/mol. The Hall–Kier alpha value is -0.470. The van der Waals surface area contributed by atoms with E-state index in [0.29, 0.717) is 22.5 Å². The summed E-state index contributed by atoms with van der Waals surface area (Å²) >= 11 is 1.90. The minimum Gasteiger partial charge on any atom is -0.492 e. The molecule has 0 fully saturated rings. The van der Waals surface area contributed by atoms with Gasteiger partial charge in [-0.15, -0.1) is 0 Å². The van der Waals surface area contributed by atoms with Gasteiger partial charge in [0.05, 0.1) is 6.61 Å². The van der Waals surface area contributed by atoms with Crippen molar-refractivity contribution in [2.24, 2.45) is 0 Å². The van der Waals surface area contributed by atoms with Gasteiger partial charge in [-0.05, 0) is 47.8 Å². The highest BCUT2D eigenvalue weighted by Crippen LogP contribution is 2.27. The van der Waals surface area contributed by atoms with Crippen molar-refractivity contribution in [3.63, 3.8) is 0 Å². The van der Waals surface area contributed by atoms with Gasteiger partial charge < -0.3 is 14.4 Å². The minimum absolute atomic E-state index is 0.0464. The lowest BCUT2D eigenvalue weighted by Crippen LogP contribution is -2.27. The number of likely N-dealkylation sites (N-methyl/N-ethyl adjacent to an activating group) is 1. The van der Waals surface area contributed by atoms with Crippen molar-refractivity contribution in [1.29, 1.82) is 0 Å². The molecule has 0 aromatic heterocycles. The third kappa shape index (κ3) is 6.01. The SMILES string of the molecule is COCCN(C)CCOc1ccc(C(F)F)c(I)c1. The topological polar surface area (TPSA) is 21.7 Å². The van der Waals surface area contributed by atoms with Crippen LogP contribution in [0.5, 0.6) is 5.75 Å². The predicted octanol–water partition coefficient (Wildman–Crippen LogP) is 3.19. The van der Waals surface area contributed by atoms with E-state index in [1.807, 2.05) is 29.6 Å². The van der Waals surface area contributed by atoms with Crippen molar-refractivity contribution in [3.05, 3.63) is 27.3 Å². The van der Waals surface area contributed by atoms with Crippen LogP contribution in [-0.2, 0) is 4.74 Å². The van der Waals surface area contributed by atoms with Crippen LogP contribution >= 0.6 is 22.6 Å². The zero-order valence-electron chi connectivity index (χ0n) is 11.0. The van der Waals surface area contributed by atoms with Crippen LogP contribution in [0.4, 0.5) is 8.78 Å². The van der Waals surface area contributed by atoms with E-state index >= 15 is 0 Å². The Morgan fingerprint density at radius 2 is 1.95 bits per heavy atom. The van der Waals surface area contributed by atoms with Gasteiger partial charge in [-0.3, -0.25) is 0 Å². The lowest BCUT2D eigenvalue weighted by Gasteiger charge is -2.16. The normalized spacial score (nSPS) is 11.3. The van der Waals surface area contributed by atoms with E-state index < -0.39 is 6.43 Å². The molecule has 1 aromatic carbocycles. The number of hydrogen-bond acceptors (Lipinski definition) is 3. The molecule has 0 N–H and O–H groups in total. The van der Waals surface area contributed by atoms with Crippen molar-refractivity contribution in [2.75, 3.05) is 40.5 Å². The van der Waals surface area contributed by atoms with Crippen molar-refractivity contribution in [3.8, 4) is 5.75 Å². The Morgan fingerprint density at radius 1 is 1.26 bits per heavy atom. The number of ether oxygens (including phenoxy) is 2. The standard InChI is InChI=1S/C13H18F2INO2/c1-17(5-7-18-2)6-8-19-10-3-4-11(13(14)15)12(16)9-10/h3-4,9,13H,5-8H2,1-2H3. The van der Waals surface area contributed by atoms with Gasteiger partial charge in [-0.25, -0.2) is 8.78 Å². The van der Waals surface area contributed by atoms with E-state index in [1.54, 1.807) is 19.2 Å². The molecule has 0 amide bonds. The number of benzene rings is 1. The molecule has 1 rings (SSSR count). The molecule has 1 aromatic rings. The second-order valence-corrected chi connectivity index (χ2v) is 5.29. The van der Waals surface area contributed by atoms with Crippen LogP contribution in [0.25, 0.3) is 0 Å². The second kappa shape index (κ2) is 8.65. The first kappa shape index (κ1) is 16.6. The highest BCUT2D eigenvalue weighted by atomic mass is 127. The molecule has 0 radical (unpaired) electrons. The van der Waals surface area contributed by atoms with E-state index in [2.05, 4.69) is 4.90 Å². The number of hydrogen-bond donors (Lipinski definition) is 0. The van der Waals surface area contributed by atoms with Crippen molar-refractivity contribution in [1.82, 2.24) is 4.90 Å². The van der Waals surface area contributed by atoms with E-state index in [1.165, 1.54) is 6.07 Å². The smallest absolute Gasteiger partial charge is 0.264 e. The largest absolute Gasteiger partial charge is 0.492 e. The summed E-state index contributed by atoms with van der Waals surface area (Å²) in [6, 6.07) is 4.63. The van der Waals surface area contributed by atoms with E-state index in [0.717, 1.165) is 13.1 Å². The Labute approximate surface area is 126 Å². The van der Waals surface area contributed by atoms with E-state index in [4.69, 9.17) is 9.47 Å². The molecule has 0 bridgehead atoms. The fourth-order valence-electron chi connectivity index (χ4n) is 1.45. The van der Waals surface area contributed by atoms with Gasteiger partial charge in [0.25, 0.3) is 6.43 Å². The van der Waals surface area contributed by atoms with Crippen LogP contribution in [-0.4, -0.2) is 45.4 Å². The molecule has 3 nitrogen and oxygen atoms in total. The van der Waals surface area contributed by atoms with Gasteiger partial charge in [0, 0.05) is 29.3 Å². The fraction of sp³-hybridized carbons (Fsp3) is 0.538. The highest BCUT2D eigenvalue weighted by Gasteiger charge is 2.11. The third-order valence-electron chi connectivity index (χ3n) is 2.63. The number of alkyl halides is 2. The Balaban J connectivity index is 2.40. The zero-order valence-corrected chi connectivity index (χ0v) is 13.2. The molecule has 0 heterocycles. The molecular formula is C13H18F2INO2. The summed E-state index contributed by atoms with van der Waals surface area (Å²) in [4.78, 5) is 2.09.